The third-order valence-electron chi connectivity index (χ3n) is 2.52. The first-order chi connectivity index (χ1) is 5.54. The lowest BCUT2D eigenvalue weighted by molar-refractivity contribution is 0.348. The van der Waals surface area contributed by atoms with Crippen LogP contribution in [0.5, 0.6) is 0 Å². The average Bonchev–Trinajstić information content (AvgIpc) is 2.42. The second-order valence-corrected chi connectivity index (χ2v) is 5.05. The molecule has 5 heteroatoms. The maximum Gasteiger partial charge on any atom is 0.384 e. The molecule has 2 aliphatic carbocycles. The number of hydrogen-bond donors (Lipinski definition) is 2. The smallest absolute Gasteiger partial charge is 0.384 e. The molecule has 1 saturated carbocycles. The Morgan fingerprint density at radius 3 is 2.67 bits per heavy atom. The van der Waals surface area contributed by atoms with Gasteiger partial charge in [-0.15, -0.1) is 0 Å². The zero-order chi connectivity index (χ0) is 8.77. The number of hydrogen-bond acceptors (Lipinski definition) is 2. The maximum atomic E-state index is 10.9. The van der Waals surface area contributed by atoms with Crippen molar-refractivity contribution >= 4 is 7.67 Å². The monoisotopic (exact) mass is 188 g/mol. The highest BCUT2D eigenvalue weighted by molar-refractivity contribution is 7.53. The van der Waals surface area contributed by atoms with Crippen LogP contribution in [0.4, 0.5) is 0 Å². The Labute approximate surface area is 71.5 Å². The van der Waals surface area contributed by atoms with Gasteiger partial charge in [-0.1, -0.05) is 0 Å². The van der Waals surface area contributed by atoms with Gasteiger partial charge in [0.2, 0.25) is 0 Å². The van der Waals surface area contributed by atoms with Crippen LogP contribution in [0.15, 0.2) is 11.8 Å². The second-order valence-electron chi connectivity index (χ2n) is 3.58. The highest BCUT2D eigenvalue weighted by Crippen LogP contribution is 2.48. The number of nitrogens with two attached hydrogens (primary N) is 2. The van der Waals surface area contributed by atoms with Crippen molar-refractivity contribution in [2.75, 3.05) is 0 Å². The summed E-state index contributed by atoms with van der Waals surface area (Å²) in [5.74, 6) is 1.80. The molecular formula is C7H13N2O2P. The van der Waals surface area contributed by atoms with Crippen LogP contribution in [0.2, 0.25) is 0 Å². The van der Waals surface area contributed by atoms with E-state index >= 15 is 0 Å². The van der Waals surface area contributed by atoms with Gasteiger partial charge in [-0.3, -0.25) is 0 Å². The van der Waals surface area contributed by atoms with Crippen molar-refractivity contribution < 1.29 is 9.09 Å². The Bertz CT molecular complexity index is 271. The zero-order valence-corrected chi connectivity index (χ0v) is 7.67. The van der Waals surface area contributed by atoms with Crippen molar-refractivity contribution in [1.82, 2.24) is 0 Å². The van der Waals surface area contributed by atoms with Crippen molar-refractivity contribution in [3.05, 3.63) is 11.8 Å². The summed E-state index contributed by atoms with van der Waals surface area (Å²) >= 11 is 0. The Morgan fingerprint density at radius 2 is 2.25 bits per heavy atom. The fourth-order valence-electron chi connectivity index (χ4n) is 2.06. The molecule has 0 radical (unpaired) electrons. The largest absolute Gasteiger partial charge is 0.427 e. The summed E-state index contributed by atoms with van der Waals surface area (Å²) in [6.45, 7) is 0. The molecule has 0 aromatic carbocycles. The Kier molecular flexibility index (Phi) is 1.79. The van der Waals surface area contributed by atoms with E-state index in [2.05, 4.69) is 0 Å². The zero-order valence-electron chi connectivity index (χ0n) is 6.77. The Balaban J connectivity index is 2.07. The fourth-order valence-corrected chi connectivity index (χ4v) is 2.60. The number of fused-ring (bicyclic) bond motifs is 2. The van der Waals surface area contributed by atoms with Crippen molar-refractivity contribution in [3.63, 3.8) is 0 Å². The fraction of sp³-hybridized carbons (Fsp3) is 0.714. The quantitative estimate of drug-likeness (QED) is 0.641. The molecule has 0 saturated heterocycles. The second kappa shape index (κ2) is 2.59. The van der Waals surface area contributed by atoms with Crippen LogP contribution in [-0.4, -0.2) is 0 Å². The predicted molar refractivity (Wildman–Crippen MR) is 46.0 cm³/mol. The molecule has 0 spiro atoms. The third-order valence-corrected chi connectivity index (χ3v) is 3.02. The molecule has 0 aromatic rings. The van der Waals surface area contributed by atoms with Gasteiger partial charge in [0, 0.05) is 5.92 Å². The van der Waals surface area contributed by atoms with Gasteiger partial charge in [0.25, 0.3) is 0 Å². The van der Waals surface area contributed by atoms with E-state index in [0.29, 0.717) is 11.8 Å². The highest BCUT2D eigenvalue weighted by atomic mass is 31.2. The lowest BCUT2D eigenvalue weighted by atomic mass is 10.1. The van der Waals surface area contributed by atoms with Crippen molar-refractivity contribution in [2.45, 2.75) is 19.3 Å². The minimum absolute atomic E-state index is 0.426. The number of allylic oxidation sites excluding steroid dienone is 2. The van der Waals surface area contributed by atoms with Gasteiger partial charge in [0.15, 0.2) is 0 Å². The SMILES string of the molecule is NP(N)(=O)OC1=CC2CCC1C2. The first-order valence-electron chi connectivity index (χ1n) is 4.13. The Hall–Kier alpha value is -0.310. The average molecular weight is 188 g/mol. The molecule has 2 bridgehead atoms. The van der Waals surface area contributed by atoms with E-state index in [-0.39, 0.29) is 0 Å². The van der Waals surface area contributed by atoms with Gasteiger partial charge in [-0.25, -0.2) is 15.6 Å². The predicted octanol–water partition coefficient (Wildman–Crippen LogP) is 1.34. The van der Waals surface area contributed by atoms with E-state index in [4.69, 9.17) is 15.5 Å². The van der Waals surface area contributed by atoms with E-state index in [9.17, 15) is 4.57 Å². The molecular weight excluding hydrogens is 175 g/mol. The molecule has 4 N–H and O–H groups in total. The minimum atomic E-state index is -3.31. The van der Waals surface area contributed by atoms with Gasteiger partial charge in [0.05, 0.1) is 0 Å². The molecule has 2 rings (SSSR count). The summed E-state index contributed by atoms with van der Waals surface area (Å²) in [4.78, 5) is 0. The summed E-state index contributed by atoms with van der Waals surface area (Å²) in [5.41, 5.74) is 10.2. The molecule has 1 fully saturated rings. The van der Waals surface area contributed by atoms with Crippen LogP contribution < -0.4 is 11.0 Å². The van der Waals surface area contributed by atoms with Crippen LogP contribution in [0.25, 0.3) is 0 Å². The van der Waals surface area contributed by atoms with Crippen LogP contribution >= 0.6 is 7.67 Å². The molecule has 0 aromatic heterocycles. The molecule has 68 valence electrons. The van der Waals surface area contributed by atoms with Gasteiger partial charge in [-0.05, 0) is 31.3 Å². The van der Waals surface area contributed by atoms with Crippen LogP contribution in [-0.2, 0) is 9.09 Å². The molecule has 2 unspecified atom stereocenters. The highest BCUT2D eigenvalue weighted by Gasteiger charge is 2.35. The molecule has 4 nitrogen and oxygen atoms in total. The maximum absolute atomic E-state index is 10.9. The standard InChI is InChI=1S/C7H13N2O2P/c8-12(9,10)11-7-4-5-1-2-6(7)3-5/h4-6H,1-3H2,(H4,8,9,10). The summed E-state index contributed by atoms with van der Waals surface area (Å²) in [5, 5.41) is 0. The lowest BCUT2D eigenvalue weighted by Crippen LogP contribution is -2.11. The molecule has 0 aliphatic heterocycles. The first kappa shape index (κ1) is 8.30. The van der Waals surface area contributed by atoms with Crippen molar-refractivity contribution in [2.24, 2.45) is 22.8 Å². The molecule has 2 atom stereocenters. The van der Waals surface area contributed by atoms with E-state index < -0.39 is 7.67 Å². The van der Waals surface area contributed by atoms with Gasteiger partial charge >= 0.3 is 7.67 Å². The van der Waals surface area contributed by atoms with E-state index in [1.165, 1.54) is 6.42 Å². The Morgan fingerprint density at radius 1 is 1.50 bits per heavy atom. The number of rotatable bonds is 2. The van der Waals surface area contributed by atoms with E-state index in [1.54, 1.807) is 0 Å². The summed E-state index contributed by atoms with van der Waals surface area (Å²) < 4.78 is 15.9. The summed E-state index contributed by atoms with van der Waals surface area (Å²) in [6.07, 6.45) is 5.48. The van der Waals surface area contributed by atoms with E-state index in [0.717, 1.165) is 18.6 Å². The van der Waals surface area contributed by atoms with Crippen molar-refractivity contribution in [1.29, 1.82) is 0 Å². The van der Waals surface area contributed by atoms with Gasteiger partial charge < -0.3 is 4.52 Å². The first-order valence-corrected chi connectivity index (χ1v) is 5.89. The topological polar surface area (TPSA) is 78.3 Å². The van der Waals surface area contributed by atoms with Crippen molar-refractivity contribution in [3.8, 4) is 0 Å². The van der Waals surface area contributed by atoms with Gasteiger partial charge in [-0.2, -0.15) is 0 Å². The van der Waals surface area contributed by atoms with Crippen LogP contribution in [0, 0.1) is 11.8 Å². The lowest BCUT2D eigenvalue weighted by Gasteiger charge is -2.16. The summed E-state index contributed by atoms with van der Waals surface area (Å²) in [7, 11) is -3.31. The summed E-state index contributed by atoms with van der Waals surface area (Å²) in [6, 6.07) is 0. The van der Waals surface area contributed by atoms with E-state index in [1.807, 2.05) is 6.08 Å². The normalized spacial score (nSPS) is 33.7. The van der Waals surface area contributed by atoms with Crippen LogP contribution in [0.1, 0.15) is 19.3 Å². The van der Waals surface area contributed by atoms with Gasteiger partial charge in [0.1, 0.15) is 5.76 Å². The third kappa shape index (κ3) is 1.56. The molecule has 0 amide bonds. The van der Waals surface area contributed by atoms with Crippen LogP contribution in [0.3, 0.4) is 0 Å². The minimum Gasteiger partial charge on any atom is -0.427 e. The molecule has 0 heterocycles. The molecule has 2 aliphatic rings. The molecule has 12 heavy (non-hydrogen) atoms.